The average molecular weight is 313 g/mol. The first kappa shape index (κ1) is 16.5. The molecule has 0 saturated carbocycles. The maximum absolute atomic E-state index is 11.6. The molecule has 0 fully saturated rings. The molecule has 5 heteroatoms. The van der Waals surface area contributed by atoms with Gasteiger partial charge in [-0.2, -0.15) is 0 Å². The van der Waals surface area contributed by atoms with E-state index in [0.29, 0.717) is 17.9 Å². The lowest BCUT2D eigenvalue weighted by Gasteiger charge is -2.07. The minimum Gasteiger partial charge on any atom is -0.497 e. The van der Waals surface area contributed by atoms with Crippen LogP contribution < -0.4 is 9.47 Å². The third-order valence-corrected chi connectivity index (χ3v) is 3.17. The van der Waals surface area contributed by atoms with E-state index in [-0.39, 0.29) is 5.97 Å². The summed E-state index contributed by atoms with van der Waals surface area (Å²) in [6.45, 7) is 2.13. The van der Waals surface area contributed by atoms with Crippen LogP contribution in [0.3, 0.4) is 0 Å². The Hall–Kier alpha value is -2.82. The molecule has 2 aromatic carbocycles. The second-order valence-electron chi connectivity index (χ2n) is 4.63. The van der Waals surface area contributed by atoms with Crippen molar-refractivity contribution >= 4 is 17.9 Å². The van der Waals surface area contributed by atoms with Gasteiger partial charge in [0, 0.05) is 17.8 Å². The van der Waals surface area contributed by atoms with Crippen LogP contribution in [-0.2, 0) is 4.74 Å². The van der Waals surface area contributed by atoms with Crippen LogP contribution in [0.5, 0.6) is 11.5 Å². The van der Waals surface area contributed by atoms with Crippen molar-refractivity contribution in [1.82, 2.24) is 0 Å². The number of aliphatic imine (C=N–C) groups is 1. The minimum atomic E-state index is -0.333. The fourth-order valence-corrected chi connectivity index (χ4v) is 1.97. The summed E-state index contributed by atoms with van der Waals surface area (Å²) in [6, 6.07) is 12.4. The summed E-state index contributed by atoms with van der Waals surface area (Å²) in [5.74, 6) is 1.06. The summed E-state index contributed by atoms with van der Waals surface area (Å²) < 4.78 is 15.4. The number of benzene rings is 2. The highest BCUT2D eigenvalue weighted by Crippen LogP contribution is 2.24. The Kier molecular flexibility index (Phi) is 5.74. The molecule has 0 bridgehead atoms. The van der Waals surface area contributed by atoms with Crippen LogP contribution in [0.25, 0.3) is 0 Å². The average Bonchev–Trinajstić information content (AvgIpc) is 2.60. The zero-order valence-corrected chi connectivity index (χ0v) is 13.4. The zero-order valence-electron chi connectivity index (χ0n) is 13.4. The summed E-state index contributed by atoms with van der Waals surface area (Å²) in [5.41, 5.74) is 2.08. The fraction of sp³-hybridized carbons (Fsp3) is 0.222. The predicted molar refractivity (Wildman–Crippen MR) is 89.2 cm³/mol. The molecule has 0 radical (unpaired) electrons. The summed E-state index contributed by atoms with van der Waals surface area (Å²) >= 11 is 0. The van der Waals surface area contributed by atoms with E-state index < -0.39 is 0 Å². The Balaban J connectivity index is 2.15. The third-order valence-electron chi connectivity index (χ3n) is 3.17. The van der Waals surface area contributed by atoms with Crippen molar-refractivity contribution in [3.05, 3.63) is 53.6 Å². The Morgan fingerprint density at radius 1 is 1.09 bits per heavy atom. The lowest BCUT2D eigenvalue weighted by Crippen LogP contribution is -2.03. The summed E-state index contributed by atoms with van der Waals surface area (Å²) in [4.78, 5) is 16.0. The number of hydrogen-bond donors (Lipinski definition) is 0. The Labute approximate surface area is 135 Å². The maximum Gasteiger partial charge on any atom is 0.338 e. The van der Waals surface area contributed by atoms with Crippen LogP contribution in [0.15, 0.2) is 47.5 Å². The monoisotopic (exact) mass is 313 g/mol. The van der Waals surface area contributed by atoms with E-state index in [0.717, 1.165) is 17.0 Å². The van der Waals surface area contributed by atoms with Gasteiger partial charge in [0.25, 0.3) is 0 Å². The van der Waals surface area contributed by atoms with Gasteiger partial charge in [-0.05, 0) is 43.3 Å². The molecule has 2 rings (SSSR count). The number of nitrogens with zero attached hydrogens (tertiary/aromatic N) is 1. The largest absolute Gasteiger partial charge is 0.497 e. The van der Waals surface area contributed by atoms with E-state index in [1.807, 2.05) is 12.1 Å². The first-order valence-corrected chi connectivity index (χ1v) is 7.21. The molecule has 0 aliphatic heterocycles. The first-order valence-electron chi connectivity index (χ1n) is 7.21. The van der Waals surface area contributed by atoms with Crippen molar-refractivity contribution in [1.29, 1.82) is 0 Å². The van der Waals surface area contributed by atoms with E-state index >= 15 is 0 Å². The molecule has 120 valence electrons. The van der Waals surface area contributed by atoms with Crippen LogP contribution >= 0.6 is 0 Å². The lowest BCUT2D eigenvalue weighted by molar-refractivity contribution is 0.0526. The smallest absolute Gasteiger partial charge is 0.338 e. The molecule has 2 aromatic rings. The van der Waals surface area contributed by atoms with E-state index in [1.165, 1.54) is 0 Å². The SMILES string of the molecule is CCOC(=O)c1ccc(N=Cc2ccc(OC)cc2OC)cc1. The Morgan fingerprint density at radius 2 is 1.83 bits per heavy atom. The first-order chi connectivity index (χ1) is 11.2. The zero-order chi connectivity index (χ0) is 16.7. The van der Waals surface area contributed by atoms with E-state index in [1.54, 1.807) is 57.7 Å². The molecule has 5 nitrogen and oxygen atoms in total. The van der Waals surface area contributed by atoms with Gasteiger partial charge < -0.3 is 14.2 Å². The molecular weight excluding hydrogens is 294 g/mol. The van der Waals surface area contributed by atoms with Crippen LogP contribution in [0, 0.1) is 0 Å². The highest BCUT2D eigenvalue weighted by atomic mass is 16.5. The molecule has 0 saturated heterocycles. The van der Waals surface area contributed by atoms with Crippen LogP contribution in [0.2, 0.25) is 0 Å². The Morgan fingerprint density at radius 3 is 2.43 bits per heavy atom. The molecule has 0 amide bonds. The van der Waals surface area contributed by atoms with Crippen molar-refractivity contribution in [2.45, 2.75) is 6.92 Å². The number of carbonyl (C=O) groups excluding carboxylic acids is 1. The van der Waals surface area contributed by atoms with Gasteiger partial charge in [-0.25, -0.2) is 4.79 Å². The summed E-state index contributed by atoms with van der Waals surface area (Å²) in [6.07, 6.45) is 1.71. The second-order valence-corrected chi connectivity index (χ2v) is 4.63. The number of hydrogen-bond acceptors (Lipinski definition) is 5. The quantitative estimate of drug-likeness (QED) is 0.603. The third kappa shape index (κ3) is 4.32. The number of methoxy groups -OCH3 is 2. The second kappa shape index (κ2) is 7.98. The van der Waals surface area contributed by atoms with Crippen molar-refractivity contribution < 1.29 is 19.0 Å². The van der Waals surface area contributed by atoms with Crippen LogP contribution in [0.4, 0.5) is 5.69 Å². The van der Waals surface area contributed by atoms with Crippen molar-refractivity contribution in [3.63, 3.8) is 0 Å². The van der Waals surface area contributed by atoms with Gasteiger partial charge >= 0.3 is 5.97 Å². The van der Waals surface area contributed by atoms with Gasteiger partial charge in [-0.15, -0.1) is 0 Å². The van der Waals surface area contributed by atoms with Crippen LogP contribution in [-0.4, -0.2) is 33.0 Å². The van der Waals surface area contributed by atoms with Gasteiger partial charge in [0.2, 0.25) is 0 Å². The van der Waals surface area contributed by atoms with Crippen molar-refractivity contribution in [2.75, 3.05) is 20.8 Å². The number of ether oxygens (including phenoxy) is 3. The summed E-state index contributed by atoms with van der Waals surface area (Å²) in [5, 5.41) is 0. The lowest BCUT2D eigenvalue weighted by atomic mass is 10.2. The highest BCUT2D eigenvalue weighted by Gasteiger charge is 2.05. The van der Waals surface area contributed by atoms with Crippen LogP contribution in [0.1, 0.15) is 22.8 Å². The van der Waals surface area contributed by atoms with Gasteiger partial charge in [0.05, 0.1) is 32.1 Å². The maximum atomic E-state index is 11.6. The normalized spacial score (nSPS) is 10.6. The molecule has 0 heterocycles. The minimum absolute atomic E-state index is 0.333. The van der Waals surface area contributed by atoms with Gasteiger partial charge in [-0.3, -0.25) is 4.99 Å². The fourth-order valence-electron chi connectivity index (χ4n) is 1.97. The number of carbonyl (C=O) groups is 1. The Bertz CT molecular complexity index is 693. The highest BCUT2D eigenvalue weighted by molar-refractivity contribution is 5.90. The van der Waals surface area contributed by atoms with Gasteiger partial charge in [0.1, 0.15) is 11.5 Å². The predicted octanol–water partition coefficient (Wildman–Crippen LogP) is 3.63. The molecule has 0 N–H and O–H groups in total. The van der Waals surface area contributed by atoms with Crippen molar-refractivity contribution in [3.8, 4) is 11.5 Å². The molecule has 0 atom stereocenters. The molecule has 0 aliphatic rings. The summed E-state index contributed by atoms with van der Waals surface area (Å²) in [7, 11) is 3.20. The van der Waals surface area contributed by atoms with Gasteiger partial charge in [-0.1, -0.05) is 0 Å². The van der Waals surface area contributed by atoms with Crippen molar-refractivity contribution in [2.24, 2.45) is 4.99 Å². The molecule has 0 spiro atoms. The topological polar surface area (TPSA) is 57.1 Å². The number of esters is 1. The standard InChI is InChI=1S/C18H19NO4/c1-4-23-18(20)13-5-8-15(9-6-13)19-12-14-7-10-16(21-2)11-17(14)22-3/h5-12H,4H2,1-3H3. The molecule has 0 aromatic heterocycles. The molecule has 23 heavy (non-hydrogen) atoms. The van der Waals surface area contributed by atoms with E-state index in [4.69, 9.17) is 14.2 Å². The van der Waals surface area contributed by atoms with E-state index in [9.17, 15) is 4.79 Å². The van der Waals surface area contributed by atoms with E-state index in [2.05, 4.69) is 4.99 Å². The number of rotatable bonds is 6. The van der Waals surface area contributed by atoms with Gasteiger partial charge in [0.15, 0.2) is 0 Å². The molecular formula is C18H19NO4. The molecule has 0 unspecified atom stereocenters. The molecule has 0 aliphatic carbocycles.